The van der Waals surface area contributed by atoms with Crippen molar-refractivity contribution in [3.05, 3.63) is 52.3 Å². The van der Waals surface area contributed by atoms with E-state index in [2.05, 4.69) is 10.3 Å². The van der Waals surface area contributed by atoms with Crippen LogP contribution in [0.4, 0.5) is 9.52 Å². The van der Waals surface area contributed by atoms with Crippen LogP contribution in [0.15, 0.2) is 41.3 Å². The summed E-state index contributed by atoms with van der Waals surface area (Å²) in [5.74, 6) is 0.433. The zero-order valence-corrected chi connectivity index (χ0v) is 16.0. The number of nitrogens with zero attached hydrogens (tertiary/aromatic N) is 1. The minimum Gasteiger partial charge on any atom is -0.302 e. The Balaban J connectivity index is 1.49. The Labute approximate surface area is 162 Å². The van der Waals surface area contributed by atoms with Crippen molar-refractivity contribution in [2.24, 2.45) is 0 Å². The van der Waals surface area contributed by atoms with Crippen LogP contribution in [0.1, 0.15) is 12.8 Å². The first-order valence-electron chi connectivity index (χ1n) is 7.45. The van der Waals surface area contributed by atoms with Gasteiger partial charge in [-0.2, -0.15) is 0 Å². The molecule has 1 aromatic heterocycles. The third kappa shape index (κ3) is 4.85. The number of carbonyl (C=O) groups excluding carboxylic acids is 1. The third-order valence-corrected chi connectivity index (χ3v) is 6.16. The number of benzene rings is 2. The Morgan fingerprint density at radius 2 is 1.96 bits per heavy atom. The largest absolute Gasteiger partial charge is 0.302 e. The molecule has 3 rings (SSSR count). The van der Waals surface area contributed by atoms with Gasteiger partial charge in [0, 0.05) is 11.3 Å². The van der Waals surface area contributed by atoms with Crippen molar-refractivity contribution in [3.63, 3.8) is 0 Å². The number of rotatable bonds is 6. The maximum Gasteiger partial charge on any atom is 0.226 e. The van der Waals surface area contributed by atoms with Crippen LogP contribution in [-0.2, 0) is 4.79 Å². The van der Waals surface area contributed by atoms with Crippen LogP contribution in [-0.4, -0.2) is 16.6 Å². The minimum atomic E-state index is -0.249. The number of hydrogen-bond acceptors (Lipinski definition) is 4. The van der Waals surface area contributed by atoms with Gasteiger partial charge in [-0.25, -0.2) is 9.37 Å². The Bertz CT molecular complexity index is 900. The van der Waals surface area contributed by atoms with E-state index in [1.165, 1.54) is 23.5 Å². The van der Waals surface area contributed by atoms with Crippen molar-refractivity contribution in [2.75, 3.05) is 11.1 Å². The van der Waals surface area contributed by atoms with Crippen LogP contribution >= 0.6 is 46.3 Å². The molecule has 0 bridgehead atoms. The molecule has 130 valence electrons. The average molecular weight is 415 g/mol. The van der Waals surface area contributed by atoms with E-state index in [4.69, 9.17) is 23.2 Å². The lowest BCUT2D eigenvalue weighted by Crippen LogP contribution is -2.11. The lowest BCUT2D eigenvalue weighted by Gasteiger charge is -2.02. The predicted molar refractivity (Wildman–Crippen MR) is 105 cm³/mol. The summed E-state index contributed by atoms with van der Waals surface area (Å²) in [4.78, 5) is 17.3. The number of amides is 1. The van der Waals surface area contributed by atoms with E-state index in [0.29, 0.717) is 33.5 Å². The first-order valence-corrected chi connectivity index (χ1v) is 10.0. The molecule has 0 aliphatic rings. The summed E-state index contributed by atoms with van der Waals surface area (Å²) in [7, 11) is 0. The van der Waals surface area contributed by atoms with Gasteiger partial charge in [-0.3, -0.25) is 4.79 Å². The maximum atomic E-state index is 12.8. The fourth-order valence-electron chi connectivity index (χ4n) is 2.13. The lowest BCUT2D eigenvalue weighted by molar-refractivity contribution is -0.116. The van der Waals surface area contributed by atoms with Crippen molar-refractivity contribution >= 4 is 67.6 Å². The SMILES string of the molecule is O=C(CCCSc1ccc(F)cc1)Nc1nc2c(Cl)c(Cl)ccc2s1. The summed E-state index contributed by atoms with van der Waals surface area (Å²) in [6.07, 6.45) is 1.10. The van der Waals surface area contributed by atoms with Gasteiger partial charge in [0.15, 0.2) is 5.13 Å². The van der Waals surface area contributed by atoms with Crippen LogP contribution in [0.2, 0.25) is 10.0 Å². The van der Waals surface area contributed by atoms with Crippen molar-refractivity contribution < 1.29 is 9.18 Å². The molecule has 2 aromatic carbocycles. The quantitative estimate of drug-likeness (QED) is 0.382. The van der Waals surface area contributed by atoms with E-state index in [-0.39, 0.29) is 11.7 Å². The molecule has 0 radical (unpaired) electrons. The molecule has 1 N–H and O–H groups in total. The predicted octanol–water partition coefficient (Wildman–Crippen LogP) is 6.25. The van der Waals surface area contributed by atoms with Crippen LogP contribution < -0.4 is 5.32 Å². The molecular formula is C17H13Cl2FN2OS2. The zero-order chi connectivity index (χ0) is 17.8. The van der Waals surface area contributed by atoms with Gasteiger partial charge in [-0.05, 0) is 48.6 Å². The number of thiazole rings is 1. The summed E-state index contributed by atoms with van der Waals surface area (Å²) in [6.45, 7) is 0. The number of fused-ring (bicyclic) bond motifs is 1. The van der Waals surface area contributed by atoms with Gasteiger partial charge >= 0.3 is 0 Å². The number of nitrogens with one attached hydrogen (secondary N) is 1. The molecule has 0 saturated heterocycles. The molecule has 0 aliphatic carbocycles. The van der Waals surface area contributed by atoms with Crippen molar-refractivity contribution in [2.45, 2.75) is 17.7 Å². The topological polar surface area (TPSA) is 42.0 Å². The smallest absolute Gasteiger partial charge is 0.226 e. The van der Waals surface area contributed by atoms with E-state index >= 15 is 0 Å². The van der Waals surface area contributed by atoms with Crippen LogP contribution in [0, 0.1) is 5.82 Å². The van der Waals surface area contributed by atoms with Crippen molar-refractivity contribution in [3.8, 4) is 0 Å². The molecular weight excluding hydrogens is 402 g/mol. The molecule has 0 spiro atoms. The molecule has 3 nitrogen and oxygen atoms in total. The number of aromatic nitrogens is 1. The highest BCUT2D eigenvalue weighted by Crippen LogP contribution is 2.35. The fourth-order valence-corrected chi connectivity index (χ4v) is 4.29. The maximum absolute atomic E-state index is 12.8. The molecule has 0 atom stereocenters. The number of hydrogen-bond donors (Lipinski definition) is 1. The van der Waals surface area contributed by atoms with E-state index in [9.17, 15) is 9.18 Å². The van der Waals surface area contributed by atoms with E-state index in [0.717, 1.165) is 15.3 Å². The normalized spacial score (nSPS) is 11.0. The number of halogens is 3. The fraction of sp³-hybridized carbons (Fsp3) is 0.176. The van der Waals surface area contributed by atoms with E-state index < -0.39 is 0 Å². The summed E-state index contributed by atoms with van der Waals surface area (Å²) < 4.78 is 13.7. The average Bonchev–Trinajstić information content (AvgIpc) is 3.00. The highest BCUT2D eigenvalue weighted by molar-refractivity contribution is 7.99. The summed E-state index contributed by atoms with van der Waals surface area (Å²) in [6, 6.07) is 9.87. The molecule has 0 fully saturated rings. The van der Waals surface area contributed by atoms with E-state index in [1.807, 2.05) is 6.07 Å². The van der Waals surface area contributed by atoms with Crippen LogP contribution in [0.25, 0.3) is 10.2 Å². The first kappa shape index (κ1) is 18.5. The second kappa shape index (κ2) is 8.36. The van der Waals surface area contributed by atoms with E-state index in [1.54, 1.807) is 30.0 Å². The second-order valence-electron chi connectivity index (χ2n) is 5.18. The Morgan fingerprint density at radius 3 is 2.72 bits per heavy atom. The molecule has 0 aliphatic heterocycles. The molecule has 0 unspecified atom stereocenters. The Kier molecular flexibility index (Phi) is 6.17. The molecule has 25 heavy (non-hydrogen) atoms. The Hall–Kier alpha value is -1.34. The Morgan fingerprint density at radius 1 is 1.20 bits per heavy atom. The van der Waals surface area contributed by atoms with Gasteiger partial charge in [0.25, 0.3) is 0 Å². The number of carbonyl (C=O) groups is 1. The molecule has 8 heteroatoms. The summed E-state index contributed by atoms with van der Waals surface area (Å²) in [5.41, 5.74) is 0.598. The third-order valence-electron chi connectivity index (χ3n) is 3.33. The molecule has 1 amide bonds. The minimum absolute atomic E-state index is 0.0963. The summed E-state index contributed by atoms with van der Waals surface area (Å²) in [5, 5.41) is 4.14. The molecule has 1 heterocycles. The second-order valence-corrected chi connectivity index (χ2v) is 8.17. The van der Waals surface area contributed by atoms with Crippen LogP contribution in [0.5, 0.6) is 0 Å². The standard InChI is InChI=1S/C17H13Cl2FN2OS2/c18-12-7-8-13-16(15(12)19)22-17(25-13)21-14(23)2-1-9-24-11-5-3-10(20)4-6-11/h3-8H,1-2,9H2,(H,21,22,23). The van der Waals surface area contributed by atoms with Gasteiger partial charge in [0.1, 0.15) is 11.3 Å². The first-order chi connectivity index (χ1) is 12.0. The van der Waals surface area contributed by atoms with Gasteiger partial charge in [-0.1, -0.05) is 34.5 Å². The van der Waals surface area contributed by atoms with Crippen molar-refractivity contribution in [1.29, 1.82) is 0 Å². The highest BCUT2D eigenvalue weighted by atomic mass is 35.5. The van der Waals surface area contributed by atoms with Gasteiger partial charge in [0.05, 0.1) is 14.7 Å². The monoisotopic (exact) mass is 414 g/mol. The number of anilines is 1. The molecule has 0 saturated carbocycles. The lowest BCUT2D eigenvalue weighted by atomic mass is 10.3. The van der Waals surface area contributed by atoms with Gasteiger partial charge in [0.2, 0.25) is 5.91 Å². The van der Waals surface area contributed by atoms with Crippen LogP contribution in [0.3, 0.4) is 0 Å². The van der Waals surface area contributed by atoms with Crippen molar-refractivity contribution in [1.82, 2.24) is 4.98 Å². The van der Waals surface area contributed by atoms with Gasteiger partial charge < -0.3 is 5.32 Å². The number of thioether (sulfide) groups is 1. The summed E-state index contributed by atoms with van der Waals surface area (Å²) >= 11 is 15.0. The zero-order valence-electron chi connectivity index (χ0n) is 12.9. The van der Waals surface area contributed by atoms with Gasteiger partial charge in [-0.15, -0.1) is 11.8 Å². The molecule has 3 aromatic rings. The highest BCUT2D eigenvalue weighted by Gasteiger charge is 2.12.